The van der Waals surface area contributed by atoms with Gasteiger partial charge in [0.15, 0.2) is 11.6 Å². The van der Waals surface area contributed by atoms with E-state index in [4.69, 9.17) is 0 Å². The molecule has 0 fully saturated rings. The van der Waals surface area contributed by atoms with Crippen molar-refractivity contribution in [1.82, 2.24) is 0 Å². The topological polar surface area (TPSA) is 43.4 Å². The van der Waals surface area contributed by atoms with Crippen molar-refractivity contribution < 1.29 is 18.7 Å². The highest BCUT2D eigenvalue weighted by Gasteiger charge is 2.07. The Morgan fingerprint density at radius 3 is 2.77 bits per heavy atom. The molecule has 0 aliphatic heterocycles. The second kappa shape index (κ2) is 4.35. The second-order valence-electron chi connectivity index (χ2n) is 2.28. The average Bonchev–Trinajstić information content (AvgIpc) is 2.09. The van der Waals surface area contributed by atoms with Gasteiger partial charge < -0.3 is 9.53 Å². The van der Waals surface area contributed by atoms with Gasteiger partial charge in [0.25, 0.3) is 0 Å². The zero-order valence-electron chi connectivity index (χ0n) is 6.70. The zero-order valence-corrected chi connectivity index (χ0v) is 6.70. The predicted octanol–water partition coefficient (Wildman–Crippen LogP) is 1.32. The van der Waals surface area contributed by atoms with Crippen molar-refractivity contribution in [2.45, 2.75) is 6.42 Å². The molecule has 3 nitrogen and oxygen atoms in total. The maximum atomic E-state index is 12.8. The maximum Gasteiger partial charge on any atom is 0.318 e. The molecular weight excluding hydrogens is 175 g/mol. The number of hydrogen-bond donors (Lipinski definition) is 0. The first-order chi connectivity index (χ1) is 6.24. The molecule has 0 radical (unpaired) electrons. The van der Waals surface area contributed by atoms with E-state index in [1.165, 1.54) is 24.3 Å². The molecule has 68 valence electrons. The maximum absolute atomic E-state index is 12.8. The monoisotopic (exact) mass is 182 g/mol. The zero-order chi connectivity index (χ0) is 9.68. The average molecular weight is 182 g/mol. The molecule has 0 N–H and O–H groups in total. The van der Waals surface area contributed by atoms with Gasteiger partial charge in [0.05, 0.1) is 0 Å². The van der Waals surface area contributed by atoms with Crippen molar-refractivity contribution in [3.05, 3.63) is 30.1 Å². The van der Waals surface area contributed by atoms with Crippen LogP contribution in [-0.4, -0.2) is 12.3 Å². The van der Waals surface area contributed by atoms with Crippen molar-refractivity contribution in [1.29, 1.82) is 0 Å². The number of aldehydes is 1. The van der Waals surface area contributed by atoms with E-state index in [1.54, 1.807) is 0 Å². The van der Waals surface area contributed by atoms with Gasteiger partial charge in [-0.15, -0.1) is 0 Å². The molecular formula is C9H7FO3. The summed E-state index contributed by atoms with van der Waals surface area (Å²) in [6.45, 7) is 0. The van der Waals surface area contributed by atoms with Gasteiger partial charge >= 0.3 is 5.97 Å². The van der Waals surface area contributed by atoms with Gasteiger partial charge in [-0.05, 0) is 12.1 Å². The summed E-state index contributed by atoms with van der Waals surface area (Å²) in [4.78, 5) is 20.6. The highest BCUT2D eigenvalue weighted by molar-refractivity contribution is 5.85. The molecule has 0 heterocycles. The van der Waals surface area contributed by atoms with E-state index in [1.807, 2.05) is 0 Å². The molecule has 0 atom stereocenters. The van der Waals surface area contributed by atoms with E-state index in [0.29, 0.717) is 6.29 Å². The van der Waals surface area contributed by atoms with Crippen LogP contribution in [0, 0.1) is 5.82 Å². The Labute approximate surface area is 74.1 Å². The Bertz CT molecular complexity index is 322. The first-order valence-electron chi connectivity index (χ1n) is 3.63. The highest BCUT2D eigenvalue weighted by Crippen LogP contribution is 2.15. The summed E-state index contributed by atoms with van der Waals surface area (Å²) in [5, 5.41) is 0. The van der Waals surface area contributed by atoms with Crippen LogP contribution in [0.5, 0.6) is 5.75 Å². The number of rotatable bonds is 3. The minimum absolute atomic E-state index is 0.158. The lowest BCUT2D eigenvalue weighted by Crippen LogP contribution is -2.08. The molecule has 1 aromatic rings. The molecule has 13 heavy (non-hydrogen) atoms. The normalized spacial score (nSPS) is 9.31. The molecule has 0 amide bonds. The fourth-order valence-corrected chi connectivity index (χ4v) is 0.760. The molecule has 0 unspecified atom stereocenters. The molecule has 0 aliphatic rings. The summed E-state index contributed by atoms with van der Waals surface area (Å²) in [5.41, 5.74) is 0. The standard InChI is InChI=1S/C9H7FO3/c10-7-3-1-2-4-8(7)13-9(12)5-6-11/h1-4,6H,5H2. The lowest BCUT2D eigenvalue weighted by atomic mass is 10.3. The van der Waals surface area contributed by atoms with E-state index in [0.717, 1.165) is 0 Å². The van der Waals surface area contributed by atoms with Crippen molar-refractivity contribution in [2.75, 3.05) is 0 Å². The first kappa shape index (κ1) is 9.38. The fraction of sp³-hybridized carbons (Fsp3) is 0.111. The minimum atomic E-state index is -0.764. The molecule has 0 aromatic heterocycles. The molecule has 0 saturated heterocycles. The van der Waals surface area contributed by atoms with E-state index in [9.17, 15) is 14.0 Å². The van der Waals surface area contributed by atoms with Crippen LogP contribution in [0.25, 0.3) is 0 Å². The van der Waals surface area contributed by atoms with Crippen LogP contribution in [0.3, 0.4) is 0 Å². The third kappa shape index (κ3) is 2.66. The summed E-state index contributed by atoms with van der Waals surface area (Å²) in [6, 6.07) is 5.50. The van der Waals surface area contributed by atoms with E-state index >= 15 is 0 Å². The Balaban J connectivity index is 2.68. The number of carbonyl (C=O) groups is 2. The van der Waals surface area contributed by atoms with Crippen LogP contribution in [0.4, 0.5) is 4.39 Å². The van der Waals surface area contributed by atoms with Crippen LogP contribution < -0.4 is 4.74 Å². The first-order valence-corrected chi connectivity index (χ1v) is 3.63. The number of carbonyl (C=O) groups excluding carboxylic acids is 2. The van der Waals surface area contributed by atoms with Crippen LogP contribution in [-0.2, 0) is 9.59 Å². The fourth-order valence-electron chi connectivity index (χ4n) is 0.760. The number of benzene rings is 1. The second-order valence-corrected chi connectivity index (χ2v) is 2.28. The van der Waals surface area contributed by atoms with Gasteiger partial charge in [0.2, 0.25) is 0 Å². The molecule has 1 aromatic carbocycles. The van der Waals surface area contributed by atoms with Gasteiger partial charge in [-0.25, -0.2) is 4.39 Å². The molecule has 0 aliphatic carbocycles. The van der Waals surface area contributed by atoms with Crippen LogP contribution in [0.2, 0.25) is 0 Å². The minimum Gasteiger partial charge on any atom is -0.423 e. The van der Waals surface area contributed by atoms with Gasteiger partial charge in [0.1, 0.15) is 12.7 Å². The summed E-state index contributed by atoms with van der Waals surface area (Å²) in [6.07, 6.45) is 0.0392. The smallest absolute Gasteiger partial charge is 0.318 e. The molecule has 0 saturated carbocycles. The van der Waals surface area contributed by atoms with Gasteiger partial charge in [-0.2, -0.15) is 0 Å². The Kier molecular flexibility index (Phi) is 3.14. The quantitative estimate of drug-likeness (QED) is 0.306. The van der Waals surface area contributed by atoms with Gasteiger partial charge in [-0.1, -0.05) is 12.1 Å². The van der Waals surface area contributed by atoms with E-state index in [2.05, 4.69) is 4.74 Å². The lowest BCUT2D eigenvalue weighted by Gasteiger charge is -2.01. The number of para-hydroxylation sites is 1. The Morgan fingerprint density at radius 2 is 2.15 bits per heavy atom. The Hall–Kier alpha value is -1.71. The highest BCUT2D eigenvalue weighted by atomic mass is 19.1. The van der Waals surface area contributed by atoms with Crippen molar-refractivity contribution in [3.8, 4) is 5.75 Å². The number of halogens is 1. The summed E-state index contributed by atoms with van der Waals surface area (Å²) < 4.78 is 17.4. The third-order valence-corrected chi connectivity index (χ3v) is 1.31. The SMILES string of the molecule is O=CCC(=O)Oc1ccccc1F. The molecule has 4 heteroatoms. The number of ether oxygens (including phenoxy) is 1. The molecule has 0 bridgehead atoms. The Morgan fingerprint density at radius 1 is 1.46 bits per heavy atom. The van der Waals surface area contributed by atoms with Gasteiger partial charge in [-0.3, -0.25) is 4.79 Å². The predicted molar refractivity (Wildman–Crippen MR) is 42.7 cm³/mol. The van der Waals surface area contributed by atoms with E-state index in [-0.39, 0.29) is 12.2 Å². The number of esters is 1. The van der Waals surface area contributed by atoms with Crippen LogP contribution >= 0.6 is 0 Å². The lowest BCUT2D eigenvalue weighted by molar-refractivity contribution is -0.135. The largest absolute Gasteiger partial charge is 0.423 e. The van der Waals surface area contributed by atoms with Gasteiger partial charge in [0, 0.05) is 0 Å². The molecule has 1 rings (SSSR count). The number of hydrogen-bond acceptors (Lipinski definition) is 3. The van der Waals surface area contributed by atoms with Crippen molar-refractivity contribution >= 4 is 12.3 Å². The molecule has 0 spiro atoms. The summed E-state index contributed by atoms with van der Waals surface area (Å²) >= 11 is 0. The summed E-state index contributed by atoms with van der Waals surface area (Å²) in [5.74, 6) is -1.55. The van der Waals surface area contributed by atoms with Crippen molar-refractivity contribution in [2.24, 2.45) is 0 Å². The third-order valence-electron chi connectivity index (χ3n) is 1.31. The van der Waals surface area contributed by atoms with Crippen LogP contribution in [0.15, 0.2) is 24.3 Å². The van der Waals surface area contributed by atoms with E-state index < -0.39 is 11.8 Å². The summed E-state index contributed by atoms with van der Waals surface area (Å²) in [7, 11) is 0. The van der Waals surface area contributed by atoms with Crippen LogP contribution in [0.1, 0.15) is 6.42 Å². The van der Waals surface area contributed by atoms with Crippen molar-refractivity contribution in [3.63, 3.8) is 0 Å².